The zero-order valence-corrected chi connectivity index (χ0v) is 11.4. The lowest BCUT2D eigenvalue weighted by Crippen LogP contribution is -2.00. The number of para-hydroxylation sites is 1. The molecule has 2 nitrogen and oxygen atoms in total. The summed E-state index contributed by atoms with van der Waals surface area (Å²) in [6, 6.07) is 14.1. The van der Waals surface area contributed by atoms with Crippen molar-refractivity contribution in [2.75, 3.05) is 0 Å². The third-order valence-corrected chi connectivity index (χ3v) is 3.83. The molecule has 0 fully saturated rings. The summed E-state index contributed by atoms with van der Waals surface area (Å²) in [7, 11) is 0. The van der Waals surface area contributed by atoms with Gasteiger partial charge in [-0.1, -0.05) is 41.9 Å². The van der Waals surface area contributed by atoms with Crippen molar-refractivity contribution in [2.24, 2.45) is 0 Å². The topological polar surface area (TPSA) is 25.2 Å². The lowest BCUT2D eigenvalue weighted by Gasteiger charge is -2.07. The normalized spacial score (nSPS) is 11.2. The van der Waals surface area contributed by atoms with E-state index in [-0.39, 0.29) is 12.4 Å². The third-order valence-electron chi connectivity index (χ3n) is 3.39. The molecule has 0 unspecified atom stereocenters. The van der Waals surface area contributed by atoms with Gasteiger partial charge in [-0.25, -0.2) is 4.39 Å². The molecule has 0 saturated heterocycles. The first-order chi connectivity index (χ1) is 9.70. The Labute approximate surface area is 121 Å². The van der Waals surface area contributed by atoms with E-state index in [1.807, 2.05) is 34.9 Å². The highest BCUT2D eigenvalue weighted by molar-refractivity contribution is 6.32. The van der Waals surface area contributed by atoms with E-state index in [0.29, 0.717) is 17.3 Å². The van der Waals surface area contributed by atoms with Crippen LogP contribution in [0.1, 0.15) is 11.1 Å². The minimum atomic E-state index is -0.266. The summed E-state index contributed by atoms with van der Waals surface area (Å²) >= 11 is 6.35. The fourth-order valence-corrected chi connectivity index (χ4v) is 2.78. The molecule has 0 aliphatic carbocycles. The zero-order chi connectivity index (χ0) is 14.1. The molecule has 4 heteroatoms. The van der Waals surface area contributed by atoms with Gasteiger partial charge >= 0.3 is 0 Å². The van der Waals surface area contributed by atoms with Gasteiger partial charge in [-0.05, 0) is 23.8 Å². The zero-order valence-electron chi connectivity index (χ0n) is 10.7. The molecular weight excluding hydrogens is 277 g/mol. The second-order valence-corrected chi connectivity index (χ2v) is 5.02. The van der Waals surface area contributed by atoms with Gasteiger partial charge in [0.2, 0.25) is 0 Å². The molecule has 0 aliphatic rings. The Balaban J connectivity index is 2.14. The van der Waals surface area contributed by atoms with E-state index >= 15 is 0 Å². The van der Waals surface area contributed by atoms with Crippen LogP contribution in [0.3, 0.4) is 0 Å². The van der Waals surface area contributed by atoms with Gasteiger partial charge < -0.3 is 9.67 Å². The molecule has 1 aromatic heterocycles. The molecule has 1 heterocycles. The minimum Gasteiger partial charge on any atom is -0.392 e. The maximum absolute atomic E-state index is 13.3. The van der Waals surface area contributed by atoms with Crippen molar-refractivity contribution in [1.82, 2.24) is 4.57 Å². The molecule has 3 aromatic rings. The first-order valence-corrected chi connectivity index (χ1v) is 6.69. The average molecular weight is 290 g/mol. The van der Waals surface area contributed by atoms with Gasteiger partial charge in [0, 0.05) is 23.0 Å². The van der Waals surface area contributed by atoms with Crippen molar-refractivity contribution in [3.05, 3.63) is 70.6 Å². The molecule has 1 N–H and O–H groups in total. The third kappa shape index (κ3) is 2.19. The Hall–Kier alpha value is -1.84. The highest BCUT2D eigenvalue weighted by atomic mass is 35.5. The van der Waals surface area contributed by atoms with Gasteiger partial charge in [-0.15, -0.1) is 0 Å². The lowest BCUT2D eigenvalue weighted by atomic mass is 10.2. The molecule has 0 saturated carbocycles. The van der Waals surface area contributed by atoms with E-state index in [4.69, 9.17) is 11.6 Å². The van der Waals surface area contributed by atoms with Crippen LogP contribution < -0.4 is 0 Å². The molecule has 0 aliphatic heterocycles. The number of hydrogen-bond donors (Lipinski definition) is 1. The smallest absolute Gasteiger partial charge is 0.123 e. The number of halogens is 2. The number of aliphatic hydroxyl groups excluding tert-OH is 1. The van der Waals surface area contributed by atoms with Crippen LogP contribution in [0.4, 0.5) is 4.39 Å². The quantitative estimate of drug-likeness (QED) is 0.775. The average Bonchev–Trinajstić information content (AvgIpc) is 2.72. The van der Waals surface area contributed by atoms with Crippen LogP contribution >= 0.6 is 11.6 Å². The molecule has 0 amide bonds. The van der Waals surface area contributed by atoms with E-state index in [1.54, 1.807) is 6.07 Å². The van der Waals surface area contributed by atoms with E-state index in [0.717, 1.165) is 16.5 Å². The Kier molecular flexibility index (Phi) is 3.47. The molecule has 3 rings (SSSR count). The van der Waals surface area contributed by atoms with Gasteiger partial charge in [-0.2, -0.15) is 0 Å². The summed E-state index contributed by atoms with van der Waals surface area (Å²) in [6.07, 6.45) is 0. The molecular formula is C16H13ClFNO. The fraction of sp³-hybridized carbons (Fsp3) is 0.125. The molecule has 102 valence electrons. The predicted molar refractivity (Wildman–Crippen MR) is 78.4 cm³/mol. The van der Waals surface area contributed by atoms with Gasteiger partial charge in [-0.3, -0.25) is 0 Å². The molecule has 0 bridgehead atoms. The summed E-state index contributed by atoms with van der Waals surface area (Å²) in [5.41, 5.74) is 2.47. The number of nitrogens with zero attached hydrogens (tertiary/aromatic N) is 1. The summed E-state index contributed by atoms with van der Waals surface area (Å²) in [6.45, 7) is 0.354. The minimum absolute atomic E-state index is 0.116. The van der Waals surface area contributed by atoms with Gasteiger partial charge in [0.25, 0.3) is 0 Å². The number of fused-ring (bicyclic) bond motifs is 1. The first-order valence-electron chi connectivity index (χ1n) is 6.31. The van der Waals surface area contributed by atoms with E-state index in [1.165, 1.54) is 12.1 Å². The maximum Gasteiger partial charge on any atom is 0.123 e. The number of rotatable bonds is 3. The molecule has 2 aromatic carbocycles. The second-order valence-electron chi connectivity index (χ2n) is 4.66. The monoisotopic (exact) mass is 289 g/mol. The van der Waals surface area contributed by atoms with Crippen molar-refractivity contribution in [3.8, 4) is 0 Å². The van der Waals surface area contributed by atoms with Crippen molar-refractivity contribution >= 4 is 22.5 Å². The number of aromatic nitrogens is 1. The summed E-state index contributed by atoms with van der Waals surface area (Å²) in [5.74, 6) is -0.266. The summed E-state index contributed by atoms with van der Waals surface area (Å²) < 4.78 is 15.2. The lowest BCUT2D eigenvalue weighted by molar-refractivity contribution is 0.283. The SMILES string of the molecule is OCc1c(Cl)n(Cc2cccc(F)c2)c2ccccc12. The van der Waals surface area contributed by atoms with Gasteiger partial charge in [0.05, 0.1) is 6.61 Å². The second kappa shape index (κ2) is 5.27. The first kappa shape index (κ1) is 13.2. The van der Waals surface area contributed by atoms with E-state index in [9.17, 15) is 9.50 Å². The van der Waals surface area contributed by atoms with Crippen molar-refractivity contribution < 1.29 is 9.50 Å². The molecule has 0 spiro atoms. The van der Waals surface area contributed by atoms with Crippen molar-refractivity contribution in [1.29, 1.82) is 0 Å². The van der Waals surface area contributed by atoms with Gasteiger partial charge in [0.1, 0.15) is 11.0 Å². The molecule has 0 atom stereocenters. The predicted octanol–water partition coefficient (Wildman–Crippen LogP) is 3.97. The maximum atomic E-state index is 13.3. The van der Waals surface area contributed by atoms with Crippen LogP contribution in [-0.2, 0) is 13.2 Å². The number of aliphatic hydroxyl groups is 1. The van der Waals surface area contributed by atoms with Crippen molar-refractivity contribution in [3.63, 3.8) is 0 Å². The Morgan fingerprint density at radius 2 is 1.90 bits per heavy atom. The Morgan fingerprint density at radius 3 is 2.65 bits per heavy atom. The highest BCUT2D eigenvalue weighted by Gasteiger charge is 2.14. The van der Waals surface area contributed by atoms with E-state index < -0.39 is 0 Å². The highest BCUT2D eigenvalue weighted by Crippen LogP contribution is 2.30. The van der Waals surface area contributed by atoms with Crippen molar-refractivity contribution in [2.45, 2.75) is 13.2 Å². The van der Waals surface area contributed by atoms with Gasteiger partial charge in [0.15, 0.2) is 0 Å². The fourth-order valence-electron chi connectivity index (χ4n) is 2.47. The Morgan fingerprint density at radius 1 is 1.10 bits per heavy atom. The molecule has 0 radical (unpaired) electrons. The van der Waals surface area contributed by atoms with Crippen LogP contribution in [0.15, 0.2) is 48.5 Å². The van der Waals surface area contributed by atoms with Crippen LogP contribution in [0, 0.1) is 5.82 Å². The molecule has 20 heavy (non-hydrogen) atoms. The number of hydrogen-bond acceptors (Lipinski definition) is 1. The van der Waals surface area contributed by atoms with Crippen LogP contribution in [-0.4, -0.2) is 9.67 Å². The standard InChI is InChI=1S/C16H13ClFNO/c17-16-14(10-20)13-6-1-2-7-15(13)19(16)9-11-4-3-5-12(18)8-11/h1-8,20H,9-10H2. The van der Waals surface area contributed by atoms with E-state index in [2.05, 4.69) is 0 Å². The summed E-state index contributed by atoms with van der Waals surface area (Å²) in [4.78, 5) is 0. The number of benzene rings is 2. The van der Waals surface area contributed by atoms with Crippen LogP contribution in [0.5, 0.6) is 0 Å². The van der Waals surface area contributed by atoms with Crippen LogP contribution in [0.2, 0.25) is 5.15 Å². The Bertz CT molecular complexity index is 766. The van der Waals surface area contributed by atoms with Crippen LogP contribution in [0.25, 0.3) is 10.9 Å². The summed E-state index contributed by atoms with van der Waals surface area (Å²) in [5, 5.41) is 10.9. The largest absolute Gasteiger partial charge is 0.392 e.